The van der Waals surface area contributed by atoms with Crippen LogP contribution >= 0.6 is 23.2 Å². The maximum Gasteiger partial charge on any atom is 0.356 e. The summed E-state index contributed by atoms with van der Waals surface area (Å²) in [6.07, 6.45) is 1.13. The van der Waals surface area contributed by atoms with Crippen molar-refractivity contribution in [3.63, 3.8) is 0 Å². The van der Waals surface area contributed by atoms with Crippen molar-refractivity contribution < 1.29 is 14.6 Å². The number of para-hydroxylation sites is 1. The van der Waals surface area contributed by atoms with E-state index in [-0.39, 0.29) is 17.3 Å². The highest BCUT2D eigenvalue weighted by Gasteiger charge is 2.16. The van der Waals surface area contributed by atoms with E-state index in [2.05, 4.69) is 9.97 Å². The van der Waals surface area contributed by atoms with Gasteiger partial charge in [0.15, 0.2) is 5.69 Å². The van der Waals surface area contributed by atoms with Crippen molar-refractivity contribution in [1.82, 2.24) is 9.97 Å². The molecule has 120 valence electrons. The normalized spacial score (nSPS) is 10.4. The fourth-order valence-corrected chi connectivity index (χ4v) is 2.28. The number of ether oxygens (including phenoxy) is 1. The molecule has 0 aliphatic rings. The van der Waals surface area contributed by atoms with Gasteiger partial charge in [0.25, 0.3) is 0 Å². The molecule has 0 saturated carbocycles. The number of carboxylic acids is 1. The van der Waals surface area contributed by atoms with Crippen LogP contribution in [0.4, 0.5) is 0 Å². The Bertz CT molecular complexity index is 899. The SMILES string of the molecule is O=C(O)c1cnc(Oc2ccccc2Cl)c(-c2ccc(Cl)cc2)n1. The molecule has 3 aromatic rings. The van der Waals surface area contributed by atoms with E-state index in [4.69, 9.17) is 33.0 Å². The van der Waals surface area contributed by atoms with Crippen molar-refractivity contribution >= 4 is 29.2 Å². The highest BCUT2D eigenvalue weighted by Crippen LogP contribution is 2.33. The maximum atomic E-state index is 11.2. The largest absolute Gasteiger partial charge is 0.476 e. The zero-order valence-corrected chi connectivity index (χ0v) is 13.6. The number of halogens is 2. The molecule has 5 nitrogen and oxygen atoms in total. The van der Waals surface area contributed by atoms with Gasteiger partial charge in [-0.2, -0.15) is 0 Å². The van der Waals surface area contributed by atoms with Crippen LogP contribution in [0.2, 0.25) is 10.0 Å². The van der Waals surface area contributed by atoms with Crippen molar-refractivity contribution in [2.75, 3.05) is 0 Å². The Morgan fingerprint density at radius 3 is 2.42 bits per heavy atom. The molecule has 24 heavy (non-hydrogen) atoms. The van der Waals surface area contributed by atoms with Crippen molar-refractivity contribution in [2.24, 2.45) is 0 Å². The van der Waals surface area contributed by atoms with E-state index in [1.54, 1.807) is 48.5 Å². The topological polar surface area (TPSA) is 72.3 Å². The molecule has 1 N–H and O–H groups in total. The fraction of sp³-hybridized carbons (Fsp3) is 0. The fourth-order valence-electron chi connectivity index (χ4n) is 1.98. The molecule has 0 saturated heterocycles. The van der Waals surface area contributed by atoms with Gasteiger partial charge in [-0.05, 0) is 24.3 Å². The van der Waals surface area contributed by atoms with Crippen molar-refractivity contribution in [1.29, 1.82) is 0 Å². The van der Waals surface area contributed by atoms with Gasteiger partial charge in [-0.1, -0.05) is 47.5 Å². The molecule has 1 aromatic heterocycles. The van der Waals surface area contributed by atoms with E-state index in [1.165, 1.54) is 0 Å². The Balaban J connectivity index is 2.09. The van der Waals surface area contributed by atoms with Gasteiger partial charge in [-0.25, -0.2) is 14.8 Å². The van der Waals surface area contributed by atoms with Gasteiger partial charge in [-0.15, -0.1) is 0 Å². The van der Waals surface area contributed by atoms with Gasteiger partial charge in [0, 0.05) is 10.6 Å². The number of nitrogens with zero attached hydrogens (tertiary/aromatic N) is 2. The van der Waals surface area contributed by atoms with Crippen LogP contribution in [0.15, 0.2) is 54.7 Å². The Kier molecular flexibility index (Phi) is 4.64. The Labute approximate surface area is 147 Å². The van der Waals surface area contributed by atoms with Gasteiger partial charge in [-0.3, -0.25) is 0 Å². The lowest BCUT2D eigenvalue weighted by Gasteiger charge is -2.11. The van der Waals surface area contributed by atoms with Crippen molar-refractivity contribution in [3.8, 4) is 22.9 Å². The summed E-state index contributed by atoms with van der Waals surface area (Å²) in [5.41, 5.74) is 0.718. The number of aromatic carboxylic acids is 1. The third kappa shape index (κ3) is 3.48. The van der Waals surface area contributed by atoms with Crippen LogP contribution in [0.25, 0.3) is 11.3 Å². The first-order valence-corrected chi connectivity index (χ1v) is 7.59. The molecule has 0 amide bonds. The molecule has 0 aliphatic carbocycles. The molecule has 3 rings (SSSR count). The zero-order chi connectivity index (χ0) is 17.1. The molecule has 0 atom stereocenters. The molecule has 0 bridgehead atoms. The minimum absolute atomic E-state index is 0.149. The van der Waals surface area contributed by atoms with Crippen LogP contribution in [-0.2, 0) is 0 Å². The molecule has 0 fully saturated rings. The summed E-state index contributed by atoms with van der Waals surface area (Å²) in [5.74, 6) is -0.635. The van der Waals surface area contributed by atoms with E-state index in [9.17, 15) is 4.79 Å². The minimum Gasteiger partial charge on any atom is -0.476 e. The van der Waals surface area contributed by atoms with Gasteiger partial charge >= 0.3 is 5.97 Å². The Hall–Kier alpha value is -2.63. The zero-order valence-electron chi connectivity index (χ0n) is 12.1. The molecule has 0 unspecified atom stereocenters. The van der Waals surface area contributed by atoms with E-state index >= 15 is 0 Å². The number of rotatable bonds is 4. The van der Waals surface area contributed by atoms with Gasteiger partial charge in [0.1, 0.15) is 11.4 Å². The summed E-state index contributed by atoms with van der Waals surface area (Å²) in [5, 5.41) is 10.1. The van der Waals surface area contributed by atoms with E-state index in [1.807, 2.05) is 0 Å². The van der Waals surface area contributed by atoms with Crippen LogP contribution in [0.5, 0.6) is 11.6 Å². The third-order valence-electron chi connectivity index (χ3n) is 3.12. The summed E-state index contributed by atoms with van der Waals surface area (Å²) >= 11 is 12.0. The predicted octanol–water partition coefficient (Wildman–Crippen LogP) is 4.94. The molecule has 0 aliphatic heterocycles. The summed E-state index contributed by atoms with van der Waals surface area (Å²) < 4.78 is 5.73. The van der Waals surface area contributed by atoms with Crippen molar-refractivity contribution in [3.05, 3.63) is 70.5 Å². The molecule has 0 radical (unpaired) electrons. The van der Waals surface area contributed by atoms with Crippen LogP contribution in [-0.4, -0.2) is 21.0 Å². The van der Waals surface area contributed by atoms with Crippen LogP contribution in [0.3, 0.4) is 0 Å². The second-order valence-electron chi connectivity index (χ2n) is 4.75. The number of carboxylic acid groups (broad SMARTS) is 1. The summed E-state index contributed by atoms with van der Waals surface area (Å²) in [4.78, 5) is 19.4. The number of benzene rings is 2. The van der Waals surface area contributed by atoms with Crippen LogP contribution in [0.1, 0.15) is 10.5 Å². The average Bonchev–Trinajstić information content (AvgIpc) is 2.58. The quantitative estimate of drug-likeness (QED) is 0.713. The van der Waals surface area contributed by atoms with Crippen LogP contribution in [0, 0.1) is 0 Å². The second-order valence-corrected chi connectivity index (χ2v) is 5.60. The number of aromatic nitrogens is 2. The van der Waals surface area contributed by atoms with Gasteiger partial charge in [0.05, 0.1) is 11.2 Å². The molecule has 0 spiro atoms. The summed E-state index contributed by atoms with van der Waals surface area (Å²) in [6, 6.07) is 13.7. The minimum atomic E-state index is -1.18. The summed E-state index contributed by atoms with van der Waals surface area (Å²) in [7, 11) is 0. The highest BCUT2D eigenvalue weighted by atomic mass is 35.5. The molecular formula is C17H10Cl2N2O3. The molecule has 1 heterocycles. The number of hydrogen-bond donors (Lipinski definition) is 1. The Morgan fingerprint density at radius 1 is 1.04 bits per heavy atom. The second kappa shape index (κ2) is 6.86. The van der Waals surface area contributed by atoms with E-state index in [0.29, 0.717) is 21.4 Å². The van der Waals surface area contributed by atoms with Gasteiger partial charge < -0.3 is 9.84 Å². The lowest BCUT2D eigenvalue weighted by Crippen LogP contribution is -2.04. The first-order valence-electron chi connectivity index (χ1n) is 6.83. The van der Waals surface area contributed by atoms with E-state index in [0.717, 1.165) is 6.20 Å². The molecule has 2 aromatic carbocycles. The monoisotopic (exact) mass is 360 g/mol. The third-order valence-corrected chi connectivity index (χ3v) is 3.68. The number of carbonyl (C=O) groups is 1. The highest BCUT2D eigenvalue weighted by molar-refractivity contribution is 6.32. The molecular weight excluding hydrogens is 351 g/mol. The first kappa shape index (κ1) is 16.2. The molecule has 7 heteroatoms. The first-order chi connectivity index (χ1) is 11.5. The summed E-state index contributed by atoms with van der Waals surface area (Å²) in [6.45, 7) is 0. The van der Waals surface area contributed by atoms with Crippen LogP contribution < -0.4 is 4.74 Å². The lowest BCUT2D eigenvalue weighted by atomic mass is 10.1. The standard InChI is InChI=1S/C17H10Cl2N2O3/c18-11-7-5-10(6-8-11)15-16(20-9-13(21-15)17(22)23)24-14-4-2-1-3-12(14)19/h1-9H,(H,22,23). The maximum absolute atomic E-state index is 11.2. The lowest BCUT2D eigenvalue weighted by molar-refractivity contribution is 0.0690. The van der Waals surface area contributed by atoms with Gasteiger partial charge in [0.2, 0.25) is 5.88 Å². The number of hydrogen-bond acceptors (Lipinski definition) is 4. The van der Waals surface area contributed by atoms with Crippen molar-refractivity contribution in [2.45, 2.75) is 0 Å². The van der Waals surface area contributed by atoms with E-state index < -0.39 is 5.97 Å². The smallest absolute Gasteiger partial charge is 0.356 e. The average molecular weight is 361 g/mol. The predicted molar refractivity (Wildman–Crippen MR) is 91.0 cm³/mol. The Morgan fingerprint density at radius 2 is 1.75 bits per heavy atom.